The van der Waals surface area contributed by atoms with Gasteiger partial charge in [0.25, 0.3) is 0 Å². The normalized spacial score (nSPS) is 12.2. The van der Waals surface area contributed by atoms with Crippen LogP contribution in [0.4, 0.5) is 0 Å². The number of rotatable bonds is 2. The van der Waals surface area contributed by atoms with Gasteiger partial charge in [-0.25, -0.2) is 16.8 Å². The number of hydrogen-bond donors (Lipinski definition) is 0. The highest BCUT2D eigenvalue weighted by Gasteiger charge is 2.14. The molecule has 2 rings (SSSR count). The van der Waals surface area contributed by atoms with Crippen molar-refractivity contribution in [2.24, 2.45) is 0 Å². The molecule has 0 atom stereocenters. The van der Waals surface area contributed by atoms with Gasteiger partial charge in [0.2, 0.25) is 0 Å². The van der Waals surface area contributed by atoms with Crippen molar-refractivity contribution >= 4 is 19.7 Å². The van der Waals surface area contributed by atoms with E-state index in [1.165, 1.54) is 12.5 Å². The van der Waals surface area contributed by atoms with Crippen molar-refractivity contribution in [2.75, 3.05) is 12.5 Å². The van der Waals surface area contributed by atoms with Gasteiger partial charge in [-0.2, -0.15) is 0 Å². The van der Waals surface area contributed by atoms with Gasteiger partial charge in [-0.05, 0) is 42.2 Å². The molecule has 0 aliphatic rings. The second-order valence-corrected chi connectivity index (χ2v) is 11.2. The summed E-state index contributed by atoms with van der Waals surface area (Å²) in [6.07, 6.45) is 2.43. The first-order valence-corrected chi connectivity index (χ1v) is 11.6. The molecule has 0 saturated carbocycles. The molecule has 0 heterocycles. The van der Waals surface area contributed by atoms with Gasteiger partial charge in [0.15, 0.2) is 19.7 Å². The first-order valence-electron chi connectivity index (χ1n) is 7.78. The van der Waals surface area contributed by atoms with Gasteiger partial charge in [-0.1, -0.05) is 50.6 Å². The largest absolute Gasteiger partial charge is 0.224 e. The van der Waals surface area contributed by atoms with Crippen LogP contribution in [-0.2, 0) is 25.1 Å². The fourth-order valence-corrected chi connectivity index (χ4v) is 3.25. The van der Waals surface area contributed by atoms with Crippen molar-refractivity contribution in [3.8, 4) is 0 Å². The molecule has 0 aliphatic heterocycles. The Morgan fingerprint density at radius 2 is 0.960 bits per heavy atom. The van der Waals surface area contributed by atoms with E-state index in [1.54, 1.807) is 36.4 Å². The highest BCUT2D eigenvalue weighted by molar-refractivity contribution is 7.91. The molecule has 0 radical (unpaired) electrons. The Hall–Kier alpha value is -1.66. The van der Waals surface area contributed by atoms with E-state index in [2.05, 4.69) is 20.8 Å². The Morgan fingerprint density at radius 3 is 1.24 bits per heavy atom. The summed E-state index contributed by atoms with van der Waals surface area (Å²) in [6.45, 7) is 8.22. The summed E-state index contributed by atoms with van der Waals surface area (Å²) in [7, 11) is -6.08. The van der Waals surface area contributed by atoms with Crippen molar-refractivity contribution < 1.29 is 16.8 Å². The van der Waals surface area contributed by atoms with Gasteiger partial charge >= 0.3 is 0 Å². The monoisotopic (exact) mass is 382 g/mol. The molecular formula is C19H26O4S2. The molecule has 4 nitrogen and oxygen atoms in total. The van der Waals surface area contributed by atoms with Crippen molar-refractivity contribution in [1.29, 1.82) is 0 Å². The quantitative estimate of drug-likeness (QED) is 0.792. The van der Waals surface area contributed by atoms with E-state index in [4.69, 9.17) is 0 Å². The fraction of sp³-hybridized carbons (Fsp3) is 0.368. The maximum Gasteiger partial charge on any atom is 0.175 e. The fourth-order valence-electron chi connectivity index (χ4n) is 1.99. The Balaban J connectivity index is 0.000000257. The summed E-state index contributed by atoms with van der Waals surface area (Å²) in [4.78, 5) is 0.758. The highest BCUT2D eigenvalue weighted by Crippen LogP contribution is 2.23. The summed E-state index contributed by atoms with van der Waals surface area (Å²) in [5.74, 6) is 0. The molecule has 2 aromatic rings. The Bertz CT molecular complexity index is 901. The molecular weight excluding hydrogens is 356 g/mol. The van der Waals surface area contributed by atoms with Gasteiger partial charge in [-0.3, -0.25) is 0 Å². The van der Waals surface area contributed by atoms with Crippen LogP contribution in [0, 0.1) is 6.92 Å². The summed E-state index contributed by atoms with van der Waals surface area (Å²) in [5.41, 5.74) is 2.28. The van der Waals surface area contributed by atoms with Crippen LogP contribution < -0.4 is 0 Å². The SMILES string of the molecule is CC(C)(C)c1ccc(S(C)(=O)=O)cc1.Cc1ccc(S(C)(=O)=O)cc1. The molecule has 0 aliphatic carbocycles. The van der Waals surface area contributed by atoms with Crippen LogP contribution >= 0.6 is 0 Å². The second-order valence-electron chi connectivity index (χ2n) is 7.13. The predicted molar refractivity (Wildman–Crippen MR) is 103 cm³/mol. The maximum absolute atomic E-state index is 11.2. The zero-order valence-electron chi connectivity index (χ0n) is 15.6. The number of hydrogen-bond acceptors (Lipinski definition) is 4. The second kappa shape index (κ2) is 7.70. The van der Waals surface area contributed by atoms with E-state index in [-0.39, 0.29) is 5.41 Å². The van der Waals surface area contributed by atoms with Crippen LogP contribution in [0.2, 0.25) is 0 Å². The molecule has 6 heteroatoms. The first-order chi connectivity index (χ1) is 11.2. The van der Waals surface area contributed by atoms with Crippen LogP contribution in [-0.4, -0.2) is 29.3 Å². The van der Waals surface area contributed by atoms with Gasteiger partial charge in [0.05, 0.1) is 9.79 Å². The van der Waals surface area contributed by atoms with Gasteiger partial charge in [0.1, 0.15) is 0 Å². The topological polar surface area (TPSA) is 68.3 Å². The predicted octanol–water partition coefficient (Wildman–Crippen LogP) is 3.79. The van der Waals surface area contributed by atoms with E-state index in [1.807, 2.05) is 19.1 Å². The van der Waals surface area contributed by atoms with Crippen molar-refractivity contribution in [3.63, 3.8) is 0 Å². The summed E-state index contributed by atoms with van der Waals surface area (Å²) < 4.78 is 44.3. The average Bonchev–Trinajstić information content (AvgIpc) is 2.46. The lowest BCUT2D eigenvalue weighted by molar-refractivity contribution is 0.587. The molecule has 2 aromatic carbocycles. The first kappa shape index (κ1) is 21.4. The lowest BCUT2D eigenvalue weighted by atomic mass is 9.87. The zero-order chi connectivity index (χ0) is 19.5. The molecule has 0 bridgehead atoms. The van der Waals surface area contributed by atoms with Crippen molar-refractivity contribution in [1.82, 2.24) is 0 Å². The van der Waals surface area contributed by atoms with Crippen molar-refractivity contribution in [3.05, 3.63) is 59.7 Å². The summed E-state index contributed by atoms with van der Waals surface area (Å²) in [5, 5.41) is 0. The van der Waals surface area contributed by atoms with E-state index in [0.29, 0.717) is 9.79 Å². The molecule has 0 N–H and O–H groups in total. The minimum atomic E-state index is -3.07. The number of aryl methyl sites for hydroxylation is 1. The summed E-state index contributed by atoms with van der Waals surface area (Å²) >= 11 is 0. The molecule has 0 fully saturated rings. The van der Waals surface area contributed by atoms with Gasteiger partial charge in [0, 0.05) is 12.5 Å². The molecule has 25 heavy (non-hydrogen) atoms. The Labute approximate surface area is 151 Å². The molecule has 0 spiro atoms. The van der Waals surface area contributed by atoms with E-state index in [0.717, 1.165) is 11.1 Å². The molecule has 0 amide bonds. The van der Waals surface area contributed by atoms with Crippen LogP contribution in [0.1, 0.15) is 31.9 Å². The highest BCUT2D eigenvalue weighted by atomic mass is 32.2. The minimum Gasteiger partial charge on any atom is -0.224 e. The standard InChI is InChI=1S/C11H16O2S.C8H10O2S/c1-11(2,3)9-5-7-10(8-6-9)14(4,12)13;1-7-3-5-8(6-4-7)11(2,9)10/h5-8H,1-4H3;3-6H,1-2H3. The minimum absolute atomic E-state index is 0.0655. The summed E-state index contributed by atoms with van der Waals surface area (Å²) in [6, 6.07) is 13.9. The third-order valence-corrected chi connectivity index (χ3v) is 5.85. The number of sulfone groups is 2. The van der Waals surface area contributed by atoms with Crippen LogP contribution in [0.3, 0.4) is 0 Å². The molecule has 0 unspecified atom stereocenters. The van der Waals surface area contributed by atoms with E-state index >= 15 is 0 Å². The Kier molecular flexibility index (Phi) is 6.59. The lowest BCUT2D eigenvalue weighted by Gasteiger charge is -2.18. The van der Waals surface area contributed by atoms with Gasteiger partial charge in [-0.15, -0.1) is 0 Å². The van der Waals surface area contributed by atoms with Crippen molar-refractivity contribution in [2.45, 2.75) is 42.9 Å². The maximum atomic E-state index is 11.2. The third-order valence-electron chi connectivity index (χ3n) is 3.60. The molecule has 0 saturated heterocycles. The molecule has 138 valence electrons. The lowest BCUT2D eigenvalue weighted by Crippen LogP contribution is -2.11. The zero-order valence-corrected chi connectivity index (χ0v) is 17.2. The van der Waals surface area contributed by atoms with Crippen LogP contribution in [0.25, 0.3) is 0 Å². The smallest absolute Gasteiger partial charge is 0.175 e. The number of benzene rings is 2. The van der Waals surface area contributed by atoms with Crippen LogP contribution in [0.5, 0.6) is 0 Å². The van der Waals surface area contributed by atoms with Crippen LogP contribution in [0.15, 0.2) is 58.3 Å². The third kappa shape index (κ3) is 7.00. The molecule has 0 aromatic heterocycles. The Morgan fingerprint density at radius 1 is 0.640 bits per heavy atom. The van der Waals surface area contributed by atoms with E-state index < -0.39 is 19.7 Å². The van der Waals surface area contributed by atoms with Gasteiger partial charge < -0.3 is 0 Å². The average molecular weight is 383 g/mol. The van der Waals surface area contributed by atoms with E-state index in [9.17, 15) is 16.8 Å².